The van der Waals surface area contributed by atoms with Crippen LogP contribution >= 0.6 is 22.9 Å². The highest BCUT2D eigenvalue weighted by molar-refractivity contribution is 7.08. The highest BCUT2D eigenvalue weighted by Gasteiger charge is 2.37. The minimum Gasteiger partial charge on any atom is -0.449 e. The minimum atomic E-state index is -4.64. The molecule has 1 fully saturated rings. The van der Waals surface area contributed by atoms with E-state index in [9.17, 15) is 45.5 Å². The molecule has 1 aromatic rings. The summed E-state index contributed by atoms with van der Waals surface area (Å²) >= 11 is 5.94. The zero-order valence-electron chi connectivity index (χ0n) is 16.9. The monoisotopic (exact) mass is 525 g/mol. The quantitative estimate of drug-likeness (QED) is 0.255. The molecule has 1 aliphatic rings. The molecule has 0 radical (unpaired) electrons. The van der Waals surface area contributed by atoms with Gasteiger partial charge in [0.1, 0.15) is 0 Å². The van der Waals surface area contributed by atoms with Gasteiger partial charge in [-0.25, -0.2) is 9.59 Å². The van der Waals surface area contributed by atoms with Gasteiger partial charge in [-0.2, -0.15) is 37.7 Å². The summed E-state index contributed by atoms with van der Waals surface area (Å²) in [5.41, 5.74) is 0.897. The van der Waals surface area contributed by atoms with Crippen LogP contribution in [0.5, 0.6) is 0 Å². The van der Waals surface area contributed by atoms with E-state index in [2.05, 4.69) is 21.1 Å². The van der Waals surface area contributed by atoms with Crippen molar-refractivity contribution in [1.29, 1.82) is 0 Å². The van der Waals surface area contributed by atoms with Crippen molar-refractivity contribution in [2.24, 2.45) is 5.92 Å². The van der Waals surface area contributed by atoms with E-state index in [0.29, 0.717) is 13.0 Å². The van der Waals surface area contributed by atoms with Crippen molar-refractivity contribution in [3.8, 4) is 0 Å². The van der Waals surface area contributed by atoms with Crippen LogP contribution in [0.4, 0.5) is 26.3 Å². The highest BCUT2D eigenvalue weighted by Crippen LogP contribution is 2.34. The number of esters is 2. The number of piperidine rings is 1. The molecule has 2 atom stereocenters. The van der Waals surface area contributed by atoms with Crippen LogP contribution in [0.25, 0.3) is 0 Å². The number of alkyl halides is 6. The Morgan fingerprint density at radius 1 is 1.03 bits per heavy atom. The number of hydrogen-bond acceptors (Lipinski definition) is 7. The van der Waals surface area contributed by atoms with Gasteiger partial charge in [-0.05, 0) is 52.8 Å². The summed E-state index contributed by atoms with van der Waals surface area (Å²) in [6, 6.07) is 1.57. The van der Waals surface area contributed by atoms with E-state index in [1.165, 1.54) is 16.2 Å². The van der Waals surface area contributed by atoms with Crippen molar-refractivity contribution in [3.05, 3.63) is 22.4 Å². The van der Waals surface area contributed by atoms with Crippen LogP contribution in [0, 0.1) is 5.92 Å². The first kappa shape index (κ1) is 28.7. The van der Waals surface area contributed by atoms with Gasteiger partial charge in [0.2, 0.25) is 0 Å². The van der Waals surface area contributed by atoms with E-state index >= 15 is 0 Å². The van der Waals surface area contributed by atoms with Crippen LogP contribution in [-0.2, 0) is 28.7 Å². The van der Waals surface area contributed by atoms with Crippen molar-refractivity contribution < 1.29 is 55.0 Å². The van der Waals surface area contributed by atoms with E-state index in [0.717, 1.165) is 12.0 Å². The Morgan fingerprint density at radius 2 is 1.58 bits per heavy atom. The third-order valence-corrected chi connectivity index (χ3v) is 4.93. The van der Waals surface area contributed by atoms with Crippen LogP contribution < -0.4 is 0 Å². The Labute approximate surface area is 192 Å². The lowest BCUT2D eigenvalue weighted by Crippen LogP contribution is -2.45. The fourth-order valence-corrected chi connectivity index (χ4v) is 3.48. The Morgan fingerprint density at radius 3 is 2.03 bits per heavy atom. The summed E-state index contributed by atoms with van der Waals surface area (Å²) < 4.78 is 77.5. The molecular weight excluding hydrogens is 508 g/mol. The van der Waals surface area contributed by atoms with Gasteiger partial charge in [-0.3, -0.25) is 9.59 Å². The second kappa shape index (κ2) is 12.2. The molecule has 0 saturated carbocycles. The van der Waals surface area contributed by atoms with Crippen molar-refractivity contribution in [1.82, 2.24) is 4.90 Å². The molecule has 0 unspecified atom stereocenters. The second-order valence-corrected chi connectivity index (χ2v) is 7.99. The maximum Gasteiger partial charge on any atom is 0.422 e. The average molecular weight is 526 g/mol. The zero-order chi connectivity index (χ0) is 25.4. The Kier molecular flexibility index (Phi) is 10.6. The van der Waals surface area contributed by atoms with Gasteiger partial charge in [-0.15, -0.1) is 0 Å². The number of amides is 1. The maximum atomic E-state index is 12.2. The third-order valence-electron chi connectivity index (χ3n) is 4.08. The van der Waals surface area contributed by atoms with Gasteiger partial charge in [0.05, 0.1) is 6.04 Å². The smallest absolute Gasteiger partial charge is 0.422 e. The predicted molar refractivity (Wildman–Crippen MR) is 102 cm³/mol. The number of thiophene rings is 1. The molecule has 2 heterocycles. The van der Waals surface area contributed by atoms with Crippen LogP contribution in [0.1, 0.15) is 31.4 Å². The molecule has 33 heavy (non-hydrogen) atoms. The molecule has 1 amide bonds. The van der Waals surface area contributed by atoms with Gasteiger partial charge in [0.15, 0.2) is 13.2 Å². The number of carbonyl (C=O) groups is 4. The molecule has 7 nitrogen and oxygen atoms in total. The molecule has 0 spiro atoms. The first-order valence-corrected chi connectivity index (χ1v) is 10.4. The number of likely N-dealkylation sites (tertiary alicyclic amines) is 1. The lowest BCUT2D eigenvalue weighted by atomic mass is 9.91. The first-order chi connectivity index (χ1) is 15.1. The van der Waals surface area contributed by atoms with Crippen molar-refractivity contribution in [2.45, 2.75) is 38.2 Å². The summed E-state index contributed by atoms with van der Waals surface area (Å²) in [7, 11) is 0. The molecule has 0 N–H and O–H groups in total. The van der Waals surface area contributed by atoms with Crippen molar-refractivity contribution in [3.63, 3.8) is 0 Å². The predicted octanol–water partition coefficient (Wildman–Crippen LogP) is 4.01. The van der Waals surface area contributed by atoms with Gasteiger partial charge < -0.3 is 14.4 Å². The maximum absolute atomic E-state index is 12.2. The molecule has 1 aliphatic heterocycles. The van der Waals surface area contributed by atoms with Crippen molar-refractivity contribution >= 4 is 46.0 Å². The summed E-state index contributed by atoms with van der Waals surface area (Å²) in [5.74, 6) is -3.98. The zero-order valence-corrected chi connectivity index (χ0v) is 18.4. The fourth-order valence-electron chi connectivity index (χ4n) is 2.72. The largest absolute Gasteiger partial charge is 0.449 e. The Balaban J connectivity index is 0.000000420. The molecule has 0 aromatic carbocycles. The van der Waals surface area contributed by atoms with Crippen molar-refractivity contribution in [2.75, 3.05) is 19.8 Å². The molecule has 186 valence electrons. The van der Waals surface area contributed by atoms with Crippen LogP contribution in [-0.4, -0.2) is 60.1 Å². The summed E-state index contributed by atoms with van der Waals surface area (Å²) in [5, 5.41) is 2.16. The fraction of sp³-hybridized carbons (Fsp3) is 0.556. The summed E-state index contributed by atoms with van der Waals surface area (Å²) in [6.07, 6.45) is -7.71. The summed E-state index contributed by atoms with van der Waals surface area (Å²) in [4.78, 5) is 44.9. The number of hydrogen-bond donors (Lipinski definition) is 0. The van der Waals surface area contributed by atoms with Crippen LogP contribution in [0.2, 0.25) is 0 Å². The van der Waals surface area contributed by atoms with E-state index < -0.39 is 48.7 Å². The Hall–Kier alpha value is -2.35. The lowest BCUT2D eigenvalue weighted by molar-refractivity contribution is -0.190. The molecular formula is C18H18ClF6NO6S. The lowest BCUT2D eigenvalue weighted by Gasteiger charge is -2.37. The van der Waals surface area contributed by atoms with E-state index in [-0.39, 0.29) is 12.0 Å². The summed E-state index contributed by atoms with van der Waals surface area (Å²) in [6.45, 7) is -1.28. The molecule has 0 bridgehead atoms. The van der Waals surface area contributed by atoms with E-state index in [1.54, 1.807) is 0 Å². The van der Waals surface area contributed by atoms with Gasteiger partial charge in [-0.1, -0.05) is 6.92 Å². The standard InChI is InChI=1S/C14H16F3NO3S.C4H2ClF3O3/c1-9-2-3-11(10-4-5-22-7-10)18(6-9)12(19)13(20)21-8-14(15,16)17;5-2(9)3(10)11-1-4(6,7)8/h4-5,7,9,11H,2-3,6,8H2,1H3;1H2/t9-,11+;/m0./s1. The Bertz CT molecular complexity index is 829. The van der Waals surface area contributed by atoms with E-state index in [1.807, 2.05) is 23.8 Å². The molecule has 15 heteroatoms. The highest BCUT2D eigenvalue weighted by atomic mass is 35.5. The second-order valence-electron chi connectivity index (χ2n) is 6.87. The van der Waals surface area contributed by atoms with E-state index in [4.69, 9.17) is 0 Å². The topological polar surface area (TPSA) is 90.0 Å². The molecule has 0 aliphatic carbocycles. The SMILES string of the molecule is C[C@H]1CC[C@H](c2ccsc2)N(C(=O)C(=O)OCC(F)(F)F)C1.O=C(Cl)C(=O)OCC(F)(F)F. The number of rotatable bonds is 4. The van der Waals surface area contributed by atoms with Gasteiger partial charge in [0, 0.05) is 6.54 Å². The van der Waals surface area contributed by atoms with Gasteiger partial charge >= 0.3 is 35.4 Å². The first-order valence-electron chi connectivity index (χ1n) is 9.10. The number of ether oxygens (including phenoxy) is 2. The van der Waals surface area contributed by atoms with Crippen LogP contribution in [0.3, 0.4) is 0 Å². The van der Waals surface area contributed by atoms with Crippen LogP contribution in [0.15, 0.2) is 16.8 Å². The number of halogens is 7. The third kappa shape index (κ3) is 10.9. The normalized spacial score (nSPS) is 18.6. The molecule has 1 saturated heterocycles. The minimum absolute atomic E-state index is 0.189. The average Bonchev–Trinajstić information content (AvgIpc) is 3.23. The molecule has 2 rings (SSSR count). The number of nitrogens with zero attached hydrogens (tertiary/aromatic N) is 1. The van der Waals surface area contributed by atoms with Gasteiger partial charge in [0.25, 0.3) is 0 Å². The molecule has 1 aromatic heterocycles. The number of carbonyl (C=O) groups excluding carboxylic acids is 4.